The zero-order chi connectivity index (χ0) is 13.6. The van der Waals surface area contributed by atoms with Crippen LogP contribution in [0.1, 0.15) is 39.0 Å². The van der Waals surface area contributed by atoms with Crippen LogP contribution in [0.25, 0.3) is 0 Å². The molecule has 3 N–H and O–H groups in total. The Hall–Kier alpha value is -0.240. The van der Waals surface area contributed by atoms with Crippen LogP contribution in [0, 0.1) is 0 Å². The lowest BCUT2D eigenvalue weighted by atomic mass is 10.1. The quantitative estimate of drug-likeness (QED) is 0.683. The van der Waals surface area contributed by atoms with E-state index >= 15 is 0 Å². The molecule has 1 aliphatic heterocycles. The lowest BCUT2D eigenvalue weighted by Gasteiger charge is -2.23. The highest BCUT2D eigenvalue weighted by molar-refractivity contribution is 7.93. The van der Waals surface area contributed by atoms with E-state index in [1.54, 1.807) is 6.92 Å². The van der Waals surface area contributed by atoms with Crippen LogP contribution >= 0.6 is 12.2 Å². The van der Waals surface area contributed by atoms with Crippen molar-refractivity contribution in [2.75, 3.05) is 13.2 Å². The Labute approximate surface area is 115 Å². The van der Waals surface area contributed by atoms with Gasteiger partial charge < -0.3 is 10.5 Å². The molecule has 0 aromatic carbocycles. The summed E-state index contributed by atoms with van der Waals surface area (Å²) in [4.78, 5) is 0.0268. The molecule has 2 unspecified atom stereocenters. The Balaban J connectivity index is 2.38. The van der Waals surface area contributed by atoms with Crippen LogP contribution in [0.3, 0.4) is 0 Å². The van der Waals surface area contributed by atoms with Crippen LogP contribution in [0.15, 0.2) is 0 Å². The molecule has 0 spiro atoms. The molecular weight excluding hydrogens is 272 g/mol. The Morgan fingerprint density at radius 2 is 2.28 bits per heavy atom. The number of hydrogen-bond donors (Lipinski definition) is 2. The molecule has 0 amide bonds. The fourth-order valence-corrected chi connectivity index (χ4v) is 3.97. The molecule has 1 rings (SSSR count). The number of thiocarbonyl (C=S) groups is 1. The molecule has 2 atom stereocenters. The summed E-state index contributed by atoms with van der Waals surface area (Å²) in [6.07, 6.45) is 4.53. The molecule has 1 saturated heterocycles. The highest BCUT2D eigenvalue weighted by Gasteiger charge is 2.26. The van der Waals surface area contributed by atoms with Crippen LogP contribution < -0.4 is 10.5 Å². The number of sulfonamides is 1. The number of rotatable bonds is 7. The van der Waals surface area contributed by atoms with Gasteiger partial charge in [-0.15, -0.1) is 0 Å². The Morgan fingerprint density at radius 3 is 2.78 bits per heavy atom. The van der Waals surface area contributed by atoms with Crippen molar-refractivity contribution in [3.05, 3.63) is 0 Å². The largest absolute Gasteiger partial charge is 0.392 e. The third kappa shape index (κ3) is 4.79. The van der Waals surface area contributed by atoms with Crippen molar-refractivity contribution in [3.8, 4) is 0 Å². The molecule has 7 heteroatoms. The molecule has 18 heavy (non-hydrogen) atoms. The highest BCUT2D eigenvalue weighted by atomic mass is 32.2. The number of nitrogens with one attached hydrogen (secondary N) is 1. The lowest BCUT2D eigenvalue weighted by molar-refractivity contribution is 0.0123. The number of nitrogens with two attached hydrogens (primary N) is 1. The smallest absolute Gasteiger partial charge is 0.221 e. The van der Waals surface area contributed by atoms with Gasteiger partial charge in [0.1, 0.15) is 5.25 Å². The van der Waals surface area contributed by atoms with Gasteiger partial charge in [0.15, 0.2) is 0 Å². The number of ether oxygens (including phenoxy) is 1. The van der Waals surface area contributed by atoms with Crippen molar-refractivity contribution in [1.82, 2.24) is 4.72 Å². The summed E-state index contributed by atoms with van der Waals surface area (Å²) >= 11 is 4.77. The molecule has 0 aromatic heterocycles. The van der Waals surface area contributed by atoms with E-state index in [1.165, 1.54) is 0 Å². The van der Waals surface area contributed by atoms with Crippen molar-refractivity contribution in [2.24, 2.45) is 5.73 Å². The van der Waals surface area contributed by atoms with Crippen LogP contribution in [-0.4, -0.2) is 37.9 Å². The van der Waals surface area contributed by atoms with Crippen molar-refractivity contribution < 1.29 is 13.2 Å². The second-order valence-corrected chi connectivity index (χ2v) is 6.93. The first-order valence-electron chi connectivity index (χ1n) is 6.36. The van der Waals surface area contributed by atoms with Crippen LogP contribution in [-0.2, 0) is 14.8 Å². The first-order valence-corrected chi connectivity index (χ1v) is 8.32. The molecule has 0 saturated carbocycles. The maximum Gasteiger partial charge on any atom is 0.221 e. The molecule has 0 aliphatic carbocycles. The maximum absolute atomic E-state index is 11.9. The van der Waals surface area contributed by atoms with Crippen molar-refractivity contribution in [2.45, 2.75) is 50.4 Å². The maximum atomic E-state index is 11.9. The summed E-state index contributed by atoms with van der Waals surface area (Å²) < 4.78 is 32.0. The van der Waals surface area contributed by atoms with Crippen LogP contribution in [0.5, 0.6) is 0 Å². The Bertz CT molecular complexity index is 364. The third-order valence-electron chi connectivity index (χ3n) is 3.11. The van der Waals surface area contributed by atoms with E-state index in [2.05, 4.69) is 4.72 Å². The standard InChI is InChI=1S/C11H22N2O3S2/c1-2-10(11(12)17)18(14,15)13-7-6-9-5-3-4-8-16-9/h9-10,13H,2-8H2,1H3,(H2,12,17). The van der Waals surface area contributed by atoms with Gasteiger partial charge in [0, 0.05) is 13.2 Å². The van der Waals surface area contributed by atoms with E-state index in [4.69, 9.17) is 22.7 Å². The zero-order valence-electron chi connectivity index (χ0n) is 10.7. The summed E-state index contributed by atoms with van der Waals surface area (Å²) in [5.74, 6) is 0. The summed E-state index contributed by atoms with van der Waals surface area (Å²) in [7, 11) is -3.44. The van der Waals surface area contributed by atoms with Gasteiger partial charge in [0.25, 0.3) is 0 Å². The lowest BCUT2D eigenvalue weighted by Crippen LogP contribution is -2.42. The molecule has 1 fully saturated rings. The van der Waals surface area contributed by atoms with E-state index in [0.29, 0.717) is 19.4 Å². The van der Waals surface area contributed by atoms with Gasteiger partial charge >= 0.3 is 0 Å². The van der Waals surface area contributed by atoms with Gasteiger partial charge in [-0.1, -0.05) is 19.1 Å². The van der Waals surface area contributed by atoms with Gasteiger partial charge in [-0.05, 0) is 32.1 Å². The summed E-state index contributed by atoms with van der Waals surface area (Å²) in [6, 6.07) is 0. The Kier molecular flexibility index (Phi) is 6.48. The predicted octanol–water partition coefficient (Wildman–Crippen LogP) is 0.930. The average Bonchev–Trinajstić information content (AvgIpc) is 2.30. The molecule has 1 aliphatic rings. The fraction of sp³-hybridized carbons (Fsp3) is 0.909. The number of hydrogen-bond acceptors (Lipinski definition) is 4. The molecule has 0 bridgehead atoms. The van der Waals surface area contributed by atoms with Gasteiger partial charge in [0.05, 0.1) is 11.1 Å². The molecule has 0 aromatic rings. The van der Waals surface area contributed by atoms with Crippen molar-refractivity contribution >= 4 is 27.2 Å². The zero-order valence-corrected chi connectivity index (χ0v) is 12.4. The second kappa shape index (κ2) is 7.37. The van der Waals surface area contributed by atoms with E-state index in [1.807, 2.05) is 0 Å². The first-order chi connectivity index (χ1) is 8.47. The normalized spacial score (nSPS) is 22.6. The third-order valence-corrected chi connectivity index (χ3v) is 5.48. The monoisotopic (exact) mass is 294 g/mol. The van der Waals surface area contributed by atoms with Crippen molar-refractivity contribution in [3.63, 3.8) is 0 Å². The van der Waals surface area contributed by atoms with E-state index in [9.17, 15) is 8.42 Å². The minimum atomic E-state index is -3.44. The van der Waals surface area contributed by atoms with E-state index < -0.39 is 15.3 Å². The molecule has 1 heterocycles. The average molecular weight is 294 g/mol. The molecule has 106 valence electrons. The van der Waals surface area contributed by atoms with Gasteiger partial charge in [-0.25, -0.2) is 13.1 Å². The minimum Gasteiger partial charge on any atom is -0.392 e. The molecule has 0 radical (unpaired) electrons. The predicted molar refractivity (Wildman–Crippen MR) is 76.0 cm³/mol. The highest BCUT2D eigenvalue weighted by Crippen LogP contribution is 2.15. The van der Waals surface area contributed by atoms with E-state index in [-0.39, 0.29) is 11.1 Å². The summed E-state index contributed by atoms with van der Waals surface area (Å²) in [5, 5.41) is -0.778. The van der Waals surface area contributed by atoms with Gasteiger partial charge in [-0.2, -0.15) is 0 Å². The first kappa shape index (κ1) is 15.8. The minimum absolute atomic E-state index is 0.0268. The second-order valence-electron chi connectivity index (χ2n) is 4.52. The Morgan fingerprint density at radius 1 is 1.56 bits per heavy atom. The summed E-state index contributed by atoms with van der Waals surface area (Å²) in [6.45, 7) is 2.92. The van der Waals surface area contributed by atoms with Crippen molar-refractivity contribution in [1.29, 1.82) is 0 Å². The van der Waals surface area contributed by atoms with Gasteiger partial charge in [-0.3, -0.25) is 0 Å². The fourth-order valence-electron chi connectivity index (χ4n) is 2.07. The topological polar surface area (TPSA) is 81.4 Å². The van der Waals surface area contributed by atoms with Crippen LogP contribution in [0.4, 0.5) is 0 Å². The van der Waals surface area contributed by atoms with Gasteiger partial charge in [0.2, 0.25) is 10.0 Å². The summed E-state index contributed by atoms with van der Waals surface area (Å²) in [5.41, 5.74) is 5.44. The SMILES string of the molecule is CCC(C(N)=S)S(=O)(=O)NCCC1CCCCO1. The molecule has 5 nitrogen and oxygen atoms in total. The van der Waals surface area contributed by atoms with Crippen LogP contribution in [0.2, 0.25) is 0 Å². The van der Waals surface area contributed by atoms with E-state index in [0.717, 1.165) is 25.9 Å². The molecular formula is C11H22N2O3S2.